The monoisotopic (exact) mass is 412 g/mol. The molecule has 7 atom stereocenters. The molecule has 0 aromatic rings. The highest BCUT2D eigenvalue weighted by Gasteiger charge is 2.74. The summed E-state index contributed by atoms with van der Waals surface area (Å²) in [6, 6.07) is 0. The number of methoxy groups -OCH3 is 1. The van der Waals surface area contributed by atoms with Gasteiger partial charge in [-0.25, -0.2) is 4.79 Å². The second-order valence-corrected chi connectivity index (χ2v) is 10.1. The van der Waals surface area contributed by atoms with Gasteiger partial charge in [0.15, 0.2) is 11.6 Å². The fourth-order valence-corrected chi connectivity index (χ4v) is 8.06. The number of ketones is 2. The molecule has 0 aromatic carbocycles. The summed E-state index contributed by atoms with van der Waals surface area (Å²) >= 11 is 0. The van der Waals surface area contributed by atoms with Gasteiger partial charge in [-0.15, -0.1) is 0 Å². The van der Waals surface area contributed by atoms with E-state index in [1.165, 1.54) is 7.11 Å². The Morgan fingerprint density at radius 3 is 2.53 bits per heavy atom. The van der Waals surface area contributed by atoms with Gasteiger partial charge in [0.05, 0.1) is 24.4 Å². The quantitative estimate of drug-likeness (QED) is 0.699. The Labute approximate surface area is 177 Å². The maximum absolute atomic E-state index is 14.3. The zero-order valence-corrected chi connectivity index (χ0v) is 18.2. The second kappa shape index (κ2) is 6.62. The number of rotatable bonds is 5. The summed E-state index contributed by atoms with van der Waals surface area (Å²) in [5.74, 6) is -1.33. The summed E-state index contributed by atoms with van der Waals surface area (Å²) in [6.45, 7) is 4.04. The molecule has 0 saturated heterocycles. The van der Waals surface area contributed by atoms with Crippen LogP contribution in [0.4, 0.5) is 0 Å². The van der Waals surface area contributed by atoms with Crippen molar-refractivity contribution in [2.75, 3.05) is 7.11 Å². The van der Waals surface area contributed by atoms with E-state index in [4.69, 9.17) is 4.74 Å². The minimum atomic E-state index is -1.37. The Kier molecular flexibility index (Phi) is 4.45. The first kappa shape index (κ1) is 20.2. The molecule has 162 valence electrons. The predicted molar refractivity (Wildman–Crippen MR) is 110 cm³/mol. The van der Waals surface area contributed by atoms with Crippen LogP contribution < -0.4 is 0 Å². The molecule has 0 amide bonds. The van der Waals surface area contributed by atoms with Gasteiger partial charge < -0.3 is 9.84 Å². The van der Waals surface area contributed by atoms with Gasteiger partial charge in [0.1, 0.15) is 5.60 Å². The summed E-state index contributed by atoms with van der Waals surface area (Å²) in [4.78, 5) is 40.6. The number of allylic oxidation sites excluding steroid dienone is 2. The van der Waals surface area contributed by atoms with Crippen molar-refractivity contribution in [3.05, 3.63) is 22.8 Å². The summed E-state index contributed by atoms with van der Waals surface area (Å²) in [7, 11) is 1.37. The van der Waals surface area contributed by atoms with Crippen molar-refractivity contribution in [2.45, 2.75) is 70.8 Å². The SMILES string of the molecule is CCC[C@@H]1C(=O)C2=C3[C@H]4[C@@H](CC2)[C@H]2C=C(C(=O)OC)[C@@]4(CC2)C(=O)[C@H](CCC)[C@]31O. The number of esters is 1. The fraction of sp³-hybridized carbons (Fsp3) is 0.720. The Morgan fingerprint density at radius 1 is 1.17 bits per heavy atom. The Morgan fingerprint density at radius 2 is 1.87 bits per heavy atom. The summed E-state index contributed by atoms with van der Waals surface area (Å²) in [5, 5.41) is 12.3. The number of Topliss-reactive ketones (excluding diaryl/α,β-unsaturated/α-hetero) is 2. The van der Waals surface area contributed by atoms with Gasteiger partial charge in [0, 0.05) is 11.5 Å². The largest absolute Gasteiger partial charge is 0.466 e. The normalized spacial score (nSPS) is 43.6. The van der Waals surface area contributed by atoms with Crippen LogP contribution in [0.15, 0.2) is 22.8 Å². The lowest BCUT2D eigenvalue weighted by Crippen LogP contribution is -2.67. The first-order valence-corrected chi connectivity index (χ1v) is 11.7. The minimum absolute atomic E-state index is 0.0162. The van der Waals surface area contributed by atoms with E-state index in [1.807, 2.05) is 19.9 Å². The molecule has 6 rings (SSSR count). The fourth-order valence-electron chi connectivity index (χ4n) is 8.06. The molecule has 0 aliphatic heterocycles. The molecule has 5 nitrogen and oxygen atoms in total. The first-order valence-electron chi connectivity index (χ1n) is 11.7. The van der Waals surface area contributed by atoms with Gasteiger partial charge in [-0.1, -0.05) is 32.8 Å². The van der Waals surface area contributed by atoms with Crippen LogP contribution in [0.1, 0.15) is 65.2 Å². The molecule has 2 saturated carbocycles. The minimum Gasteiger partial charge on any atom is -0.466 e. The van der Waals surface area contributed by atoms with Crippen LogP contribution in [-0.2, 0) is 19.1 Å². The lowest BCUT2D eigenvalue weighted by molar-refractivity contribution is -0.167. The van der Waals surface area contributed by atoms with E-state index < -0.39 is 28.8 Å². The predicted octanol–water partition coefficient (Wildman–Crippen LogP) is 3.55. The summed E-state index contributed by atoms with van der Waals surface area (Å²) < 4.78 is 5.12. The van der Waals surface area contributed by atoms with Crippen molar-refractivity contribution in [1.82, 2.24) is 0 Å². The highest BCUT2D eigenvalue weighted by atomic mass is 16.5. The molecule has 30 heavy (non-hydrogen) atoms. The number of hydrogen-bond donors (Lipinski definition) is 1. The van der Waals surface area contributed by atoms with Gasteiger partial charge >= 0.3 is 5.97 Å². The molecular formula is C25H32O5. The number of aliphatic hydroxyl groups is 1. The molecule has 6 aliphatic carbocycles. The first-order chi connectivity index (χ1) is 14.4. The van der Waals surface area contributed by atoms with Crippen molar-refractivity contribution in [1.29, 1.82) is 0 Å². The number of carbonyl (C=O) groups excluding carboxylic acids is 3. The molecule has 5 heteroatoms. The lowest BCUT2D eigenvalue weighted by Gasteiger charge is -2.63. The number of ether oxygens (including phenoxy) is 1. The highest BCUT2D eigenvalue weighted by Crippen LogP contribution is 2.71. The van der Waals surface area contributed by atoms with Crippen molar-refractivity contribution < 1.29 is 24.2 Å². The molecule has 0 radical (unpaired) electrons. The van der Waals surface area contributed by atoms with Crippen LogP contribution in [-0.4, -0.2) is 35.4 Å². The zero-order chi connectivity index (χ0) is 21.4. The third kappa shape index (κ3) is 2.10. The number of carbonyl (C=O) groups is 3. The average molecular weight is 413 g/mol. The highest BCUT2D eigenvalue weighted by molar-refractivity contribution is 6.09. The van der Waals surface area contributed by atoms with E-state index in [0.717, 1.165) is 36.8 Å². The van der Waals surface area contributed by atoms with E-state index >= 15 is 0 Å². The Balaban J connectivity index is 1.78. The van der Waals surface area contributed by atoms with E-state index in [0.29, 0.717) is 31.3 Å². The van der Waals surface area contributed by atoms with Crippen LogP contribution in [0.3, 0.4) is 0 Å². The van der Waals surface area contributed by atoms with Crippen LogP contribution >= 0.6 is 0 Å². The molecule has 0 heterocycles. The van der Waals surface area contributed by atoms with Gasteiger partial charge in [-0.3, -0.25) is 9.59 Å². The third-order valence-electron chi connectivity index (χ3n) is 9.03. The zero-order valence-electron chi connectivity index (χ0n) is 18.2. The summed E-state index contributed by atoms with van der Waals surface area (Å²) in [5.41, 5.74) is -0.179. The molecule has 1 N–H and O–H groups in total. The second-order valence-electron chi connectivity index (χ2n) is 10.1. The van der Waals surface area contributed by atoms with E-state index in [9.17, 15) is 19.5 Å². The summed E-state index contributed by atoms with van der Waals surface area (Å²) in [6.07, 6.45) is 7.75. The van der Waals surface area contributed by atoms with Crippen LogP contribution in [0.25, 0.3) is 0 Å². The Hall–Kier alpha value is -1.75. The maximum atomic E-state index is 14.3. The molecule has 2 bridgehead atoms. The van der Waals surface area contributed by atoms with Gasteiger partial charge in [0.25, 0.3) is 0 Å². The van der Waals surface area contributed by atoms with Crippen LogP contribution in [0, 0.1) is 35.0 Å². The van der Waals surface area contributed by atoms with Crippen molar-refractivity contribution >= 4 is 17.5 Å². The Bertz CT molecular complexity index is 897. The van der Waals surface area contributed by atoms with Crippen LogP contribution in [0.2, 0.25) is 0 Å². The van der Waals surface area contributed by atoms with Crippen molar-refractivity contribution in [2.24, 2.45) is 35.0 Å². The van der Waals surface area contributed by atoms with Gasteiger partial charge in [-0.2, -0.15) is 0 Å². The van der Waals surface area contributed by atoms with Gasteiger partial charge in [-0.05, 0) is 61.5 Å². The van der Waals surface area contributed by atoms with E-state index in [-0.39, 0.29) is 29.3 Å². The van der Waals surface area contributed by atoms with Crippen LogP contribution in [0.5, 0.6) is 0 Å². The standard InChI is InChI=1S/C25H32O5/c1-4-6-16-21(26)15-9-8-14-13-10-11-24(18(12-13)23(28)30-3)19(14)20(15)25(16,29)17(7-5-2)22(24)27/h12-14,16-17,19,29H,4-11H2,1-3H3/t13-,14+,16-,17+,19-,24-,25+/m1/s1. The maximum Gasteiger partial charge on any atom is 0.334 e. The molecule has 0 aromatic heterocycles. The molecule has 0 unspecified atom stereocenters. The molecule has 1 spiro atoms. The van der Waals surface area contributed by atoms with Crippen molar-refractivity contribution in [3.63, 3.8) is 0 Å². The molecule has 2 fully saturated rings. The van der Waals surface area contributed by atoms with Gasteiger partial charge in [0.2, 0.25) is 0 Å². The number of hydrogen-bond acceptors (Lipinski definition) is 5. The third-order valence-corrected chi connectivity index (χ3v) is 9.03. The van der Waals surface area contributed by atoms with Crippen molar-refractivity contribution in [3.8, 4) is 0 Å². The number of fused-ring (bicyclic) bond motifs is 1. The van der Waals surface area contributed by atoms with E-state index in [1.54, 1.807) is 0 Å². The molecular weight excluding hydrogens is 380 g/mol. The molecule has 6 aliphatic rings. The van der Waals surface area contributed by atoms with E-state index in [2.05, 4.69) is 0 Å². The topological polar surface area (TPSA) is 80.7 Å². The average Bonchev–Trinajstić information content (AvgIpc) is 2.99. The smallest absolute Gasteiger partial charge is 0.334 e. The lowest BCUT2D eigenvalue weighted by atomic mass is 9.39.